The molecule has 0 aromatic heterocycles. The third-order valence-corrected chi connectivity index (χ3v) is 4.06. The fourth-order valence-electron chi connectivity index (χ4n) is 2.43. The third-order valence-electron chi connectivity index (χ3n) is 4.06. The Morgan fingerprint density at radius 3 is 2.62 bits per heavy atom. The van der Waals surface area contributed by atoms with Crippen molar-refractivity contribution in [2.45, 2.75) is 26.7 Å². The van der Waals surface area contributed by atoms with Gasteiger partial charge in [-0.15, -0.1) is 0 Å². The van der Waals surface area contributed by atoms with Gasteiger partial charge in [0.1, 0.15) is 5.75 Å². The second kappa shape index (κ2) is 8.96. The summed E-state index contributed by atoms with van der Waals surface area (Å²) in [6.45, 7) is 5.45. The molecule has 4 heteroatoms. The summed E-state index contributed by atoms with van der Waals surface area (Å²) in [5, 5.41) is 6.25. The van der Waals surface area contributed by atoms with Crippen LogP contribution in [0.4, 0.5) is 5.69 Å². The van der Waals surface area contributed by atoms with Gasteiger partial charge in [0.2, 0.25) is 5.91 Å². The van der Waals surface area contributed by atoms with Gasteiger partial charge in [0.15, 0.2) is 0 Å². The van der Waals surface area contributed by atoms with Crippen molar-refractivity contribution in [2.75, 3.05) is 25.5 Å². The minimum absolute atomic E-state index is 0.0641. The maximum absolute atomic E-state index is 11.9. The van der Waals surface area contributed by atoms with E-state index in [1.54, 1.807) is 7.11 Å². The lowest BCUT2D eigenvalue weighted by Crippen LogP contribution is -2.27. The van der Waals surface area contributed by atoms with Crippen molar-refractivity contribution in [2.24, 2.45) is 0 Å². The zero-order chi connectivity index (χ0) is 17.4. The average Bonchev–Trinajstić information content (AvgIpc) is 2.58. The summed E-state index contributed by atoms with van der Waals surface area (Å²) < 4.78 is 5.20. The Bertz CT molecular complexity index is 683. The summed E-state index contributed by atoms with van der Waals surface area (Å²) >= 11 is 0. The van der Waals surface area contributed by atoms with Gasteiger partial charge in [0, 0.05) is 25.2 Å². The molecule has 2 rings (SSSR count). The molecule has 0 spiro atoms. The van der Waals surface area contributed by atoms with E-state index < -0.39 is 0 Å². The summed E-state index contributed by atoms with van der Waals surface area (Å²) in [5.74, 6) is 0.908. The lowest BCUT2D eigenvalue weighted by Gasteiger charge is -2.09. The van der Waals surface area contributed by atoms with Crippen molar-refractivity contribution in [3.05, 3.63) is 59.2 Å². The third kappa shape index (κ3) is 5.61. The Balaban J connectivity index is 1.67. The molecule has 0 radical (unpaired) electrons. The van der Waals surface area contributed by atoms with Gasteiger partial charge in [-0.1, -0.05) is 18.2 Å². The summed E-state index contributed by atoms with van der Waals surface area (Å²) in [6, 6.07) is 14.2. The molecule has 2 aromatic carbocycles. The summed E-state index contributed by atoms with van der Waals surface area (Å²) in [4.78, 5) is 11.9. The first-order valence-corrected chi connectivity index (χ1v) is 8.29. The number of hydrogen-bond acceptors (Lipinski definition) is 3. The van der Waals surface area contributed by atoms with Gasteiger partial charge in [0.05, 0.1) is 7.11 Å². The molecule has 0 aliphatic carbocycles. The topological polar surface area (TPSA) is 50.4 Å². The number of aryl methyl sites for hydroxylation is 2. The van der Waals surface area contributed by atoms with Crippen LogP contribution in [0, 0.1) is 13.8 Å². The van der Waals surface area contributed by atoms with Crippen molar-refractivity contribution < 1.29 is 9.53 Å². The summed E-state index contributed by atoms with van der Waals surface area (Å²) in [5.41, 5.74) is 4.74. The number of amides is 1. The van der Waals surface area contributed by atoms with E-state index in [1.165, 1.54) is 11.1 Å². The van der Waals surface area contributed by atoms with Crippen LogP contribution >= 0.6 is 0 Å². The van der Waals surface area contributed by atoms with Crippen LogP contribution in [-0.2, 0) is 11.2 Å². The smallest absolute Gasteiger partial charge is 0.221 e. The molecule has 0 atom stereocenters. The van der Waals surface area contributed by atoms with Crippen molar-refractivity contribution in [3.8, 4) is 5.75 Å². The quantitative estimate of drug-likeness (QED) is 0.781. The molecule has 0 aliphatic rings. The average molecular weight is 326 g/mol. The Morgan fingerprint density at radius 2 is 1.88 bits per heavy atom. The Kier molecular flexibility index (Phi) is 6.67. The minimum Gasteiger partial charge on any atom is -0.497 e. The first-order valence-electron chi connectivity index (χ1n) is 8.29. The van der Waals surface area contributed by atoms with Crippen molar-refractivity contribution in [1.29, 1.82) is 0 Å². The van der Waals surface area contributed by atoms with E-state index in [0.717, 1.165) is 23.4 Å². The van der Waals surface area contributed by atoms with Crippen molar-refractivity contribution >= 4 is 11.6 Å². The van der Waals surface area contributed by atoms with Gasteiger partial charge >= 0.3 is 0 Å². The van der Waals surface area contributed by atoms with Gasteiger partial charge in [-0.2, -0.15) is 0 Å². The van der Waals surface area contributed by atoms with E-state index in [-0.39, 0.29) is 5.91 Å². The van der Waals surface area contributed by atoms with E-state index in [9.17, 15) is 4.79 Å². The van der Waals surface area contributed by atoms with Crippen molar-refractivity contribution in [1.82, 2.24) is 5.32 Å². The molecule has 0 unspecified atom stereocenters. The zero-order valence-electron chi connectivity index (χ0n) is 14.7. The SMILES string of the molecule is COc1cccc(CCNC(=O)CCNc2ccc(C)c(C)c2)c1. The molecule has 2 N–H and O–H groups in total. The summed E-state index contributed by atoms with van der Waals surface area (Å²) in [7, 11) is 1.66. The van der Waals surface area contributed by atoms with Crippen LogP contribution < -0.4 is 15.4 Å². The molecule has 0 saturated heterocycles. The second-order valence-electron chi connectivity index (χ2n) is 5.93. The molecule has 0 saturated carbocycles. The zero-order valence-corrected chi connectivity index (χ0v) is 14.7. The fourth-order valence-corrected chi connectivity index (χ4v) is 2.43. The number of carbonyl (C=O) groups is 1. The highest BCUT2D eigenvalue weighted by molar-refractivity contribution is 5.76. The minimum atomic E-state index is 0.0641. The van der Waals surface area contributed by atoms with Gasteiger partial charge in [-0.3, -0.25) is 4.79 Å². The van der Waals surface area contributed by atoms with Gasteiger partial charge < -0.3 is 15.4 Å². The number of anilines is 1. The van der Waals surface area contributed by atoms with Crippen LogP contribution in [0.15, 0.2) is 42.5 Å². The first kappa shape index (κ1) is 17.9. The van der Waals surface area contributed by atoms with Gasteiger partial charge in [-0.25, -0.2) is 0 Å². The van der Waals surface area contributed by atoms with Crippen LogP contribution in [0.3, 0.4) is 0 Å². The van der Waals surface area contributed by atoms with Crippen LogP contribution in [0.25, 0.3) is 0 Å². The molecular formula is C20H26N2O2. The molecule has 0 heterocycles. The number of methoxy groups -OCH3 is 1. The van der Waals surface area contributed by atoms with Crippen LogP contribution in [0.5, 0.6) is 5.75 Å². The standard InChI is InChI=1S/C20H26N2O2/c1-15-7-8-18(13-16(15)2)21-12-10-20(23)22-11-9-17-5-4-6-19(14-17)24-3/h4-8,13-14,21H,9-12H2,1-3H3,(H,22,23). The highest BCUT2D eigenvalue weighted by Gasteiger charge is 2.02. The van der Waals surface area contributed by atoms with E-state index in [2.05, 4.69) is 36.6 Å². The van der Waals surface area contributed by atoms with E-state index in [1.807, 2.05) is 30.3 Å². The number of hydrogen-bond donors (Lipinski definition) is 2. The predicted octanol–water partition coefficient (Wildman–Crippen LogP) is 3.47. The number of nitrogens with one attached hydrogen (secondary N) is 2. The molecule has 2 aromatic rings. The first-order chi connectivity index (χ1) is 11.6. The van der Waals surface area contributed by atoms with Gasteiger partial charge in [0.25, 0.3) is 0 Å². The molecule has 24 heavy (non-hydrogen) atoms. The normalized spacial score (nSPS) is 10.3. The van der Waals surface area contributed by atoms with Crippen molar-refractivity contribution in [3.63, 3.8) is 0 Å². The molecule has 0 aliphatic heterocycles. The Labute approximate surface area is 144 Å². The number of carbonyl (C=O) groups excluding carboxylic acids is 1. The van der Waals surface area contributed by atoms with E-state index in [4.69, 9.17) is 4.74 Å². The van der Waals surface area contributed by atoms with Crippen LogP contribution in [0.1, 0.15) is 23.1 Å². The lowest BCUT2D eigenvalue weighted by molar-refractivity contribution is -0.120. The molecular weight excluding hydrogens is 300 g/mol. The highest BCUT2D eigenvalue weighted by atomic mass is 16.5. The monoisotopic (exact) mass is 326 g/mol. The molecule has 128 valence electrons. The maximum atomic E-state index is 11.9. The molecule has 0 bridgehead atoms. The highest BCUT2D eigenvalue weighted by Crippen LogP contribution is 2.14. The molecule has 4 nitrogen and oxygen atoms in total. The Hall–Kier alpha value is -2.49. The number of rotatable bonds is 8. The second-order valence-corrected chi connectivity index (χ2v) is 5.93. The predicted molar refractivity (Wildman–Crippen MR) is 98.7 cm³/mol. The largest absolute Gasteiger partial charge is 0.497 e. The number of ether oxygens (including phenoxy) is 1. The Morgan fingerprint density at radius 1 is 1.04 bits per heavy atom. The van der Waals surface area contributed by atoms with Gasteiger partial charge in [-0.05, 0) is 61.2 Å². The molecule has 0 fully saturated rings. The van der Waals surface area contributed by atoms with E-state index >= 15 is 0 Å². The lowest BCUT2D eigenvalue weighted by atomic mass is 10.1. The van der Waals surface area contributed by atoms with Crippen LogP contribution in [0.2, 0.25) is 0 Å². The molecule has 1 amide bonds. The summed E-state index contributed by atoms with van der Waals surface area (Å²) in [6.07, 6.45) is 1.26. The van der Waals surface area contributed by atoms with Crippen LogP contribution in [-0.4, -0.2) is 26.1 Å². The number of benzene rings is 2. The van der Waals surface area contributed by atoms with E-state index in [0.29, 0.717) is 19.5 Å². The fraction of sp³-hybridized carbons (Fsp3) is 0.350. The maximum Gasteiger partial charge on any atom is 0.221 e.